The Morgan fingerprint density at radius 1 is 1.16 bits per heavy atom. The van der Waals surface area contributed by atoms with E-state index >= 15 is 0 Å². The molecule has 1 aromatic rings. The number of carbonyl (C=O) groups is 2. The Morgan fingerprint density at radius 2 is 1.96 bits per heavy atom. The summed E-state index contributed by atoms with van der Waals surface area (Å²) in [5, 5.41) is 2.86. The number of hydrogen-bond donors (Lipinski definition) is 1. The first-order chi connectivity index (χ1) is 12.1. The van der Waals surface area contributed by atoms with Gasteiger partial charge in [-0.1, -0.05) is 0 Å². The lowest BCUT2D eigenvalue weighted by Gasteiger charge is -2.43. The molecule has 7 nitrogen and oxygen atoms in total. The van der Waals surface area contributed by atoms with Crippen LogP contribution in [0.15, 0.2) is 10.9 Å². The maximum absolute atomic E-state index is 13.0. The number of hydrogen-bond acceptors (Lipinski definition) is 4. The summed E-state index contributed by atoms with van der Waals surface area (Å²) in [6.45, 7) is 3.07. The zero-order chi connectivity index (χ0) is 17.6. The van der Waals surface area contributed by atoms with Crippen LogP contribution in [0.4, 0.5) is 0 Å². The van der Waals surface area contributed by atoms with Gasteiger partial charge in [-0.05, 0) is 37.3 Å². The maximum Gasteiger partial charge on any atom is 0.263 e. The lowest BCUT2D eigenvalue weighted by atomic mass is 9.94. The van der Waals surface area contributed by atoms with Crippen molar-refractivity contribution in [3.63, 3.8) is 0 Å². The quantitative estimate of drug-likeness (QED) is 0.747. The Balaban J connectivity index is 1.62. The van der Waals surface area contributed by atoms with Crippen molar-refractivity contribution >= 4 is 11.8 Å². The van der Waals surface area contributed by atoms with E-state index in [2.05, 4.69) is 10.2 Å². The van der Waals surface area contributed by atoms with Crippen LogP contribution in [0.3, 0.4) is 0 Å². The van der Waals surface area contributed by atoms with Crippen molar-refractivity contribution in [1.29, 1.82) is 0 Å². The van der Waals surface area contributed by atoms with Gasteiger partial charge in [-0.3, -0.25) is 19.3 Å². The number of amides is 2. The molecule has 0 saturated carbocycles. The summed E-state index contributed by atoms with van der Waals surface area (Å²) in [4.78, 5) is 41.6. The first-order valence-corrected chi connectivity index (χ1v) is 9.09. The van der Waals surface area contributed by atoms with Gasteiger partial charge >= 0.3 is 0 Å². The highest BCUT2D eigenvalue weighted by Gasteiger charge is 2.37. The van der Waals surface area contributed by atoms with Crippen molar-refractivity contribution in [2.24, 2.45) is 7.05 Å². The van der Waals surface area contributed by atoms with Gasteiger partial charge in [0.15, 0.2) is 0 Å². The van der Waals surface area contributed by atoms with Crippen LogP contribution < -0.4 is 10.9 Å². The van der Waals surface area contributed by atoms with E-state index in [1.807, 2.05) is 0 Å². The minimum absolute atomic E-state index is 0.0258. The lowest BCUT2D eigenvalue weighted by molar-refractivity contribution is -0.131. The van der Waals surface area contributed by atoms with Crippen LogP contribution in [-0.4, -0.2) is 64.9 Å². The molecule has 0 radical (unpaired) electrons. The average Bonchev–Trinajstić information content (AvgIpc) is 2.64. The number of rotatable bonds is 1. The van der Waals surface area contributed by atoms with E-state index in [0.717, 1.165) is 43.5 Å². The Kier molecular flexibility index (Phi) is 4.11. The van der Waals surface area contributed by atoms with E-state index in [0.29, 0.717) is 26.2 Å². The molecular weight excluding hydrogens is 320 g/mol. The first kappa shape index (κ1) is 16.3. The smallest absolute Gasteiger partial charge is 0.263 e. The zero-order valence-electron chi connectivity index (χ0n) is 14.6. The van der Waals surface area contributed by atoms with Gasteiger partial charge < -0.3 is 14.8 Å². The molecule has 0 bridgehead atoms. The summed E-state index contributed by atoms with van der Waals surface area (Å²) in [6.07, 6.45) is 4.01. The number of piperazine rings is 2. The second-order valence-corrected chi connectivity index (χ2v) is 7.20. The number of aromatic nitrogens is 1. The van der Waals surface area contributed by atoms with Crippen LogP contribution in [-0.2, 0) is 24.7 Å². The predicted molar refractivity (Wildman–Crippen MR) is 92.6 cm³/mol. The molecule has 0 aromatic carbocycles. The molecule has 3 aliphatic rings. The van der Waals surface area contributed by atoms with Crippen LogP contribution in [0, 0.1) is 0 Å². The van der Waals surface area contributed by atoms with Crippen LogP contribution in [0.25, 0.3) is 0 Å². The fourth-order valence-corrected chi connectivity index (χ4v) is 4.28. The maximum atomic E-state index is 13.0. The highest BCUT2D eigenvalue weighted by molar-refractivity contribution is 5.95. The molecule has 1 atom stereocenters. The number of aryl methyl sites for hydroxylation is 1. The van der Waals surface area contributed by atoms with Crippen LogP contribution in [0.2, 0.25) is 0 Å². The molecule has 3 heterocycles. The van der Waals surface area contributed by atoms with Gasteiger partial charge in [-0.25, -0.2) is 0 Å². The summed E-state index contributed by atoms with van der Waals surface area (Å²) >= 11 is 0. The second-order valence-electron chi connectivity index (χ2n) is 7.20. The normalized spacial score (nSPS) is 23.6. The van der Waals surface area contributed by atoms with Crippen LogP contribution in [0.1, 0.15) is 34.5 Å². The van der Waals surface area contributed by atoms with Gasteiger partial charge in [-0.15, -0.1) is 0 Å². The Labute approximate surface area is 146 Å². The highest BCUT2D eigenvalue weighted by atomic mass is 16.2. The summed E-state index contributed by atoms with van der Waals surface area (Å²) in [5.74, 6) is -0.269. The summed E-state index contributed by atoms with van der Waals surface area (Å²) in [6, 6.07) is 1.50. The molecule has 1 unspecified atom stereocenters. The van der Waals surface area contributed by atoms with Crippen molar-refractivity contribution in [2.75, 3.05) is 32.7 Å². The third kappa shape index (κ3) is 2.76. The molecule has 1 N–H and O–H groups in total. The topological polar surface area (TPSA) is 74.7 Å². The minimum atomic E-state index is -0.298. The fourth-order valence-electron chi connectivity index (χ4n) is 4.28. The minimum Gasteiger partial charge on any atom is -0.353 e. The average molecular weight is 344 g/mol. The summed E-state index contributed by atoms with van der Waals surface area (Å²) in [5.41, 5.74) is 2.20. The van der Waals surface area contributed by atoms with Crippen molar-refractivity contribution in [3.8, 4) is 0 Å². The Morgan fingerprint density at radius 3 is 2.80 bits per heavy atom. The number of fused-ring (bicyclic) bond motifs is 2. The van der Waals surface area contributed by atoms with Crippen LogP contribution in [0.5, 0.6) is 0 Å². The van der Waals surface area contributed by atoms with Gasteiger partial charge in [-0.2, -0.15) is 0 Å². The molecular formula is C18H24N4O3. The van der Waals surface area contributed by atoms with Gasteiger partial charge in [0.25, 0.3) is 11.5 Å². The van der Waals surface area contributed by atoms with Crippen LogP contribution >= 0.6 is 0 Å². The fraction of sp³-hybridized carbons (Fsp3) is 0.611. The van der Waals surface area contributed by atoms with Gasteiger partial charge in [0.05, 0.1) is 0 Å². The molecule has 25 heavy (non-hydrogen) atoms. The first-order valence-electron chi connectivity index (χ1n) is 9.09. The summed E-state index contributed by atoms with van der Waals surface area (Å²) < 4.78 is 1.64. The molecule has 0 spiro atoms. The molecule has 134 valence electrons. The standard InChI is InChI=1S/C18H24N4O3/c1-20-14-5-3-2-4-12(14)10-13(17(20)24)18(25)22-9-8-21-7-6-19-16(23)15(21)11-22/h10,15H,2-9,11H2,1H3,(H,19,23). The van der Waals surface area contributed by atoms with Crippen molar-refractivity contribution in [2.45, 2.75) is 31.7 Å². The lowest BCUT2D eigenvalue weighted by Crippen LogP contribution is -2.64. The number of nitrogens with one attached hydrogen (secondary N) is 1. The van der Waals surface area contributed by atoms with E-state index in [1.54, 1.807) is 22.6 Å². The Bertz CT molecular complexity index is 785. The van der Waals surface area contributed by atoms with Gasteiger partial charge in [0.2, 0.25) is 5.91 Å². The Hall–Kier alpha value is -2.15. The third-order valence-corrected chi connectivity index (χ3v) is 5.75. The molecule has 2 amide bonds. The molecule has 7 heteroatoms. The highest BCUT2D eigenvalue weighted by Crippen LogP contribution is 2.21. The molecule has 2 saturated heterocycles. The predicted octanol–water partition coefficient (Wildman–Crippen LogP) is -0.480. The van der Waals surface area contributed by atoms with Crippen molar-refractivity contribution in [1.82, 2.24) is 19.7 Å². The molecule has 1 aromatic heterocycles. The monoisotopic (exact) mass is 344 g/mol. The van der Waals surface area contributed by atoms with Gasteiger partial charge in [0.1, 0.15) is 11.6 Å². The molecule has 2 aliphatic heterocycles. The number of nitrogens with zero attached hydrogens (tertiary/aromatic N) is 3. The van der Waals surface area contributed by atoms with E-state index in [4.69, 9.17) is 0 Å². The summed E-state index contributed by atoms with van der Waals surface area (Å²) in [7, 11) is 1.76. The largest absolute Gasteiger partial charge is 0.353 e. The number of pyridine rings is 1. The third-order valence-electron chi connectivity index (χ3n) is 5.75. The SMILES string of the molecule is Cn1c2c(cc(C(=O)N3CCN4CCNC(=O)C4C3)c1=O)CCCC2. The van der Waals surface area contributed by atoms with E-state index in [9.17, 15) is 14.4 Å². The second kappa shape index (κ2) is 6.29. The zero-order valence-corrected chi connectivity index (χ0v) is 14.6. The van der Waals surface area contributed by atoms with Crippen molar-refractivity contribution in [3.05, 3.63) is 33.2 Å². The van der Waals surface area contributed by atoms with Gasteiger partial charge in [0, 0.05) is 45.5 Å². The molecule has 4 rings (SSSR count). The van der Waals surface area contributed by atoms with E-state index < -0.39 is 0 Å². The van der Waals surface area contributed by atoms with E-state index in [-0.39, 0.29) is 29.0 Å². The molecule has 1 aliphatic carbocycles. The molecule has 2 fully saturated rings. The number of carbonyl (C=O) groups excluding carboxylic acids is 2. The van der Waals surface area contributed by atoms with E-state index in [1.165, 1.54) is 0 Å². The van der Waals surface area contributed by atoms with Crippen molar-refractivity contribution < 1.29 is 9.59 Å².